The van der Waals surface area contributed by atoms with Gasteiger partial charge in [-0.2, -0.15) is 4.98 Å². The van der Waals surface area contributed by atoms with E-state index in [4.69, 9.17) is 0 Å². The fourth-order valence-electron chi connectivity index (χ4n) is 7.28. The number of hydrogen-bond donors (Lipinski definition) is 4. The largest absolute Gasteiger partial charge is 0.347 e. The lowest BCUT2D eigenvalue weighted by molar-refractivity contribution is -0.143. The van der Waals surface area contributed by atoms with Crippen LogP contribution >= 0.6 is 0 Å². The Morgan fingerprint density at radius 1 is 0.967 bits per heavy atom. The van der Waals surface area contributed by atoms with Gasteiger partial charge in [-0.1, -0.05) is 33.8 Å². The predicted molar refractivity (Wildman–Crippen MR) is 229 cm³/mol. The maximum absolute atomic E-state index is 14.2. The van der Waals surface area contributed by atoms with E-state index in [1.165, 1.54) is 14.7 Å². The molecule has 5 rings (SSSR count). The molecule has 4 N–H and O–H groups in total. The normalized spacial score (nSPS) is 16.3. The zero-order valence-corrected chi connectivity index (χ0v) is 36.5. The first-order valence-electron chi connectivity index (χ1n) is 20.3. The van der Waals surface area contributed by atoms with Crippen LogP contribution in [0.3, 0.4) is 0 Å². The molecule has 3 aromatic rings. The average molecular weight is 826 g/mol. The number of hydrogen-bond acceptors (Lipinski definition) is 10. The number of nitrogens with zero attached hydrogens (tertiary/aromatic N) is 7. The highest BCUT2D eigenvalue weighted by Crippen LogP contribution is 2.33. The third-order valence-electron chi connectivity index (χ3n) is 10.7. The molecule has 4 heterocycles. The Labute approximate surface area is 352 Å². The van der Waals surface area contributed by atoms with Crippen molar-refractivity contribution in [1.29, 1.82) is 0 Å². The fraction of sp³-hybridized carbons (Fsp3) is 0.512. The molecular formula is C43H59N11O6. The minimum Gasteiger partial charge on any atom is -0.347 e. The molecule has 0 unspecified atom stereocenters. The summed E-state index contributed by atoms with van der Waals surface area (Å²) < 4.78 is 0. The summed E-state index contributed by atoms with van der Waals surface area (Å²) >= 11 is 0. The van der Waals surface area contributed by atoms with Gasteiger partial charge in [0.05, 0.1) is 18.4 Å². The van der Waals surface area contributed by atoms with Crippen LogP contribution in [0, 0.1) is 25.7 Å². The summed E-state index contributed by atoms with van der Waals surface area (Å²) in [4.78, 5) is 101. The van der Waals surface area contributed by atoms with Crippen LogP contribution in [0.5, 0.6) is 0 Å². The lowest BCUT2D eigenvalue weighted by Gasteiger charge is -2.35. The third kappa shape index (κ3) is 10.2. The predicted octanol–water partition coefficient (Wildman–Crippen LogP) is 4.07. The Balaban J connectivity index is 1.28. The van der Waals surface area contributed by atoms with Gasteiger partial charge in [-0.25, -0.2) is 9.78 Å². The number of aryl methyl sites for hydroxylation is 2. The number of carbonyl (C=O) groups is 6. The minimum absolute atomic E-state index is 0.132. The van der Waals surface area contributed by atoms with Gasteiger partial charge in [0.15, 0.2) is 0 Å². The number of nitrogens with one attached hydrogen (secondary N) is 4. The standard InChI is InChI=1S/C43H59N11O6/c1-24(2)19-31(38(57)51(9)10)47-40(59)43(7,8)50-37(56)32-13-12-18-53(32)39(58)34(25(3)4)48-36(55)28-16-14-26(5)33(20-28)54-23-29-21-45-41(49-35(29)52(11)42(54)60)46-30-17-15-27(6)44-22-30/h14-17,20-22,24-25,31-32,34H,12-13,18-19,23H2,1-11H3,(H,47,59)(H,48,55)(H,50,56)(H,45,46,49)/t31-,32-,34-/m1/s1. The Hall–Kier alpha value is -6.13. The fourth-order valence-corrected chi connectivity index (χ4v) is 7.28. The Bertz CT molecular complexity index is 2120. The SMILES string of the molecule is Cc1ccc(Nc2ncc3c(n2)N(C)C(=O)N(c2cc(C(=O)N[C@@H](C(=O)N4CCC[C@@H]4C(=O)NC(C)(C)C(=O)N[C@H](CC(C)C)C(=O)N(C)C)C(C)C)ccc2C)C3)cn1. The second-order valence-corrected chi connectivity index (χ2v) is 17.2. The Morgan fingerprint density at radius 2 is 1.68 bits per heavy atom. The summed E-state index contributed by atoms with van der Waals surface area (Å²) in [5, 5.41) is 11.6. The van der Waals surface area contributed by atoms with Crippen molar-refractivity contribution >= 4 is 58.7 Å². The molecule has 2 aliphatic rings. The maximum atomic E-state index is 14.2. The van der Waals surface area contributed by atoms with Crippen molar-refractivity contribution in [1.82, 2.24) is 40.7 Å². The highest BCUT2D eigenvalue weighted by Gasteiger charge is 2.42. The van der Waals surface area contributed by atoms with Crippen molar-refractivity contribution in [2.24, 2.45) is 11.8 Å². The second-order valence-electron chi connectivity index (χ2n) is 17.2. The second kappa shape index (κ2) is 18.4. The molecule has 17 nitrogen and oxygen atoms in total. The van der Waals surface area contributed by atoms with E-state index in [0.29, 0.717) is 54.5 Å². The van der Waals surface area contributed by atoms with Gasteiger partial charge in [-0.05, 0) is 88.6 Å². The molecule has 322 valence electrons. The van der Waals surface area contributed by atoms with Gasteiger partial charge < -0.3 is 31.1 Å². The van der Waals surface area contributed by atoms with Crippen LogP contribution in [0.15, 0.2) is 42.7 Å². The van der Waals surface area contributed by atoms with Gasteiger partial charge in [0.25, 0.3) is 5.91 Å². The first-order chi connectivity index (χ1) is 28.2. The smallest absolute Gasteiger partial charge is 0.330 e. The summed E-state index contributed by atoms with van der Waals surface area (Å²) in [5.41, 5.74) is 2.38. The van der Waals surface area contributed by atoms with E-state index in [1.807, 2.05) is 53.7 Å². The summed E-state index contributed by atoms with van der Waals surface area (Å²) in [6.45, 7) is 14.8. The molecule has 17 heteroatoms. The lowest BCUT2D eigenvalue weighted by atomic mass is 9.98. The first-order valence-corrected chi connectivity index (χ1v) is 20.3. The van der Waals surface area contributed by atoms with E-state index < -0.39 is 47.3 Å². The van der Waals surface area contributed by atoms with Crippen molar-refractivity contribution < 1.29 is 28.8 Å². The van der Waals surface area contributed by atoms with E-state index >= 15 is 0 Å². The van der Waals surface area contributed by atoms with Gasteiger partial charge in [0.2, 0.25) is 29.6 Å². The van der Waals surface area contributed by atoms with Gasteiger partial charge in [-0.15, -0.1) is 0 Å². The van der Waals surface area contributed by atoms with Crippen LogP contribution in [-0.4, -0.2) is 112 Å². The molecule has 7 amide bonds. The summed E-state index contributed by atoms with van der Waals surface area (Å²) in [7, 11) is 4.87. The maximum Gasteiger partial charge on any atom is 0.330 e. The minimum atomic E-state index is -1.40. The number of pyridine rings is 1. The van der Waals surface area contributed by atoms with Crippen molar-refractivity contribution in [3.63, 3.8) is 0 Å². The highest BCUT2D eigenvalue weighted by molar-refractivity contribution is 6.07. The molecule has 3 atom stereocenters. The van der Waals surface area contributed by atoms with Crippen LogP contribution in [0.25, 0.3) is 0 Å². The van der Waals surface area contributed by atoms with Crippen LogP contribution in [0.2, 0.25) is 0 Å². The van der Waals surface area contributed by atoms with Gasteiger partial charge in [-0.3, -0.25) is 38.8 Å². The number of urea groups is 1. The number of fused-ring (bicyclic) bond motifs is 1. The molecule has 2 aromatic heterocycles. The number of likely N-dealkylation sites (N-methyl/N-ethyl adjacent to an activating group) is 1. The quantitative estimate of drug-likeness (QED) is 0.184. The van der Waals surface area contributed by atoms with Crippen LogP contribution in [0.4, 0.5) is 27.9 Å². The monoisotopic (exact) mass is 825 g/mol. The average Bonchev–Trinajstić information content (AvgIpc) is 3.69. The van der Waals surface area contributed by atoms with Gasteiger partial charge >= 0.3 is 6.03 Å². The molecule has 1 fully saturated rings. The molecule has 0 spiro atoms. The number of benzene rings is 1. The lowest BCUT2D eigenvalue weighted by Crippen LogP contribution is -2.62. The van der Waals surface area contributed by atoms with Crippen molar-refractivity contribution in [3.05, 3.63) is 65.1 Å². The number of rotatable bonds is 14. The van der Waals surface area contributed by atoms with E-state index in [-0.39, 0.29) is 35.9 Å². The summed E-state index contributed by atoms with van der Waals surface area (Å²) in [5.74, 6) is -1.66. The zero-order chi connectivity index (χ0) is 44.2. The number of likely N-dealkylation sites (tertiary alicyclic amines) is 1. The van der Waals surface area contributed by atoms with E-state index in [0.717, 1.165) is 11.3 Å². The number of amides is 7. The third-order valence-corrected chi connectivity index (χ3v) is 10.7. The highest BCUT2D eigenvalue weighted by atomic mass is 16.2. The zero-order valence-electron chi connectivity index (χ0n) is 36.5. The van der Waals surface area contributed by atoms with E-state index in [1.54, 1.807) is 70.5 Å². The number of anilines is 4. The van der Waals surface area contributed by atoms with Crippen molar-refractivity contribution in [3.8, 4) is 0 Å². The Kier molecular flexibility index (Phi) is 13.8. The van der Waals surface area contributed by atoms with E-state index in [2.05, 4.69) is 36.2 Å². The first kappa shape index (κ1) is 45.0. The molecule has 0 saturated carbocycles. The van der Waals surface area contributed by atoms with Crippen molar-refractivity contribution in [2.75, 3.05) is 42.8 Å². The molecular weight excluding hydrogens is 767 g/mol. The molecule has 60 heavy (non-hydrogen) atoms. The van der Waals surface area contributed by atoms with Crippen LogP contribution in [0.1, 0.15) is 88.0 Å². The molecule has 0 aliphatic carbocycles. The molecule has 0 radical (unpaired) electrons. The summed E-state index contributed by atoms with van der Waals surface area (Å²) in [6, 6.07) is 5.78. The van der Waals surface area contributed by atoms with Crippen LogP contribution in [-0.2, 0) is 25.7 Å². The molecule has 2 aliphatic heterocycles. The number of aromatic nitrogens is 3. The molecule has 1 aromatic carbocycles. The topological polar surface area (TPSA) is 202 Å². The Morgan fingerprint density at radius 3 is 2.32 bits per heavy atom. The molecule has 1 saturated heterocycles. The van der Waals surface area contributed by atoms with Crippen molar-refractivity contribution in [2.45, 2.75) is 105 Å². The summed E-state index contributed by atoms with van der Waals surface area (Å²) in [6.07, 6.45) is 4.69. The molecule has 0 bridgehead atoms. The van der Waals surface area contributed by atoms with E-state index in [9.17, 15) is 28.8 Å². The van der Waals surface area contributed by atoms with Gasteiger partial charge in [0, 0.05) is 56.4 Å². The number of carbonyl (C=O) groups excluding carboxylic acids is 6. The van der Waals surface area contributed by atoms with Gasteiger partial charge in [0.1, 0.15) is 29.5 Å². The van der Waals surface area contributed by atoms with Crippen LogP contribution < -0.4 is 31.1 Å².